The van der Waals surface area contributed by atoms with Gasteiger partial charge in [-0.15, -0.1) is 0 Å². The zero-order valence-corrected chi connectivity index (χ0v) is 13.0. The molecule has 1 atom stereocenters. The Kier molecular flexibility index (Phi) is 4.75. The van der Waals surface area contributed by atoms with E-state index in [9.17, 15) is 9.59 Å². The van der Waals surface area contributed by atoms with Crippen molar-refractivity contribution >= 4 is 35.2 Å². The van der Waals surface area contributed by atoms with Gasteiger partial charge in [0, 0.05) is 5.70 Å². The van der Waals surface area contributed by atoms with Crippen LogP contribution >= 0.6 is 23.2 Å². The summed E-state index contributed by atoms with van der Waals surface area (Å²) in [5.74, 6) is -0.487. The molecule has 0 saturated heterocycles. The van der Waals surface area contributed by atoms with Crippen LogP contribution in [0.3, 0.4) is 0 Å². The lowest BCUT2D eigenvalue weighted by Crippen LogP contribution is -2.45. The number of ether oxygens (including phenoxy) is 1. The number of urea groups is 1. The van der Waals surface area contributed by atoms with Gasteiger partial charge in [0.1, 0.15) is 0 Å². The molecular formula is C14H14Cl2N2O3. The Morgan fingerprint density at radius 2 is 2.05 bits per heavy atom. The van der Waals surface area contributed by atoms with E-state index in [1.54, 1.807) is 32.0 Å². The first kappa shape index (κ1) is 15.7. The van der Waals surface area contributed by atoms with E-state index in [0.717, 1.165) is 0 Å². The largest absolute Gasteiger partial charge is 0.463 e. The Balaban J connectivity index is 2.46. The van der Waals surface area contributed by atoms with Gasteiger partial charge in [0.2, 0.25) is 0 Å². The van der Waals surface area contributed by atoms with Crippen molar-refractivity contribution in [3.8, 4) is 0 Å². The number of allylic oxidation sites excluding steroid dienone is 1. The van der Waals surface area contributed by atoms with Crippen molar-refractivity contribution in [2.75, 3.05) is 6.61 Å². The Hall–Kier alpha value is -1.72. The molecule has 1 aliphatic rings. The van der Waals surface area contributed by atoms with Crippen LogP contribution in [0.15, 0.2) is 29.5 Å². The summed E-state index contributed by atoms with van der Waals surface area (Å²) in [5.41, 5.74) is 1.45. The summed E-state index contributed by atoms with van der Waals surface area (Å²) in [6, 6.07) is 3.92. The number of esters is 1. The number of hydrogen-bond donors (Lipinski definition) is 2. The number of hydrogen-bond acceptors (Lipinski definition) is 3. The standard InChI is InChI=1S/C14H14Cl2N2O3/c1-3-21-13(19)11-7(2)17-14(20)18-12(11)8-4-5-9(15)10(16)6-8/h4-6,12H,3H2,1-2H3,(H2,17,18,20)/t12-/m0/s1. The molecule has 2 amide bonds. The Morgan fingerprint density at radius 1 is 1.33 bits per heavy atom. The van der Waals surface area contributed by atoms with Crippen molar-refractivity contribution in [1.82, 2.24) is 10.6 Å². The molecule has 0 bridgehead atoms. The molecule has 0 aliphatic carbocycles. The third-order valence-corrected chi connectivity index (χ3v) is 3.78. The van der Waals surface area contributed by atoms with Gasteiger partial charge in [-0.2, -0.15) is 0 Å². The van der Waals surface area contributed by atoms with Crippen LogP contribution < -0.4 is 10.6 Å². The van der Waals surface area contributed by atoms with Crippen molar-refractivity contribution in [3.63, 3.8) is 0 Å². The van der Waals surface area contributed by atoms with E-state index in [1.165, 1.54) is 0 Å². The fourth-order valence-electron chi connectivity index (χ4n) is 2.12. The molecule has 1 aromatic rings. The number of carbonyl (C=O) groups is 2. The molecule has 1 aromatic carbocycles. The van der Waals surface area contributed by atoms with Gasteiger partial charge >= 0.3 is 12.0 Å². The fourth-order valence-corrected chi connectivity index (χ4v) is 2.42. The Labute approximate surface area is 132 Å². The second-order valence-corrected chi connectivity index (χ2v) is 5.28. The minimum atomic E-state index is -0.632. The predicted octanol–water partition coefficient (Wildman–Crippen LogP) is 3.18. The Morgan fingerprint density at radius 3 is 2.67 bits per heavy atom. The van der Waals surface area contributed by atoms with E-state index in [-0.39, 0.29) is 6.61 Å². The third kappa shape index (κ3) is 3.31. The van der Waals surface area contributed by atoms with E-state index in [4.69, 9.17) is 27.9 Å². The first-order chi connectivity index (χ1) is 9.93. The molecule has 0 spiro atoms. The van der Waals surface area contributed by atoms with Gasteiger partial charge in [0.05, 0.1) is 28.3 Å². The van der Waals surface area contributed by atoms with E-state index in [1.807, 2.05) is 0 Å². The van der Waals surface area contributed by atoms with Crippen LogP contribution in [-0.4, -0.2) is 18.6 Å². The minimum Gasteiger partial charge on any atom is -0.463 e. The highest BCUT2D eigenvalue weighted by molar-refractivity contribution is 6.42. The van der Waals surface area contributed by atoms with Crippen LogP contribution in [0.1, 0.15) is 25.5 Å². The fraction of sp³-hybridized carbons (Fsp3) is 0.286. The van der Waals surface area contributed by atoms with Crippen LogP contribution in [0.5, 0.6) is 0 Å². The van der Waals surface area contributed by atoms with Crippen LogP contribution in [0, 0.1) is 0 Å². The highest BCUT2D eigenvalue weighted by atomic mass is 35.5. The molecule has 1 aliphatic heterocycles. The van der Waals surface area contributed by atoms with Crippen LogP contribution in [0.4, 0.5) is 4.79 Å². The molecule has 0 unspecified atom stereocenters. The second kappa shape index (κ2) is 6.37. The molecule has 0 aromatic heterocycles. The molecule has 112 valence electrons. The normalized spacial score (nSPS) is 18.1. The van der Waals surface area contributed by atoms with Crippen molar-refractivity contribution in [2.45, 2.75) is 19.9 Å². The van der Waals surface area contributed by atoms with Gasteiger partial charge in [-0.25, -0.2) is 9.59 Å². The number of benzene rings is 1. The van der Waals surface area contributed by atoms with E-state index < -0.39 is 18.0 Å². The zero-order chi connectivity index (χ0) is 15.6. The lowest BCUT2D eigenvalue weighted by atomic mass is 9.95. The van der Waals surface area contributed by atoms with Gasteiger partial charge in [-0.3, -0.25) is 0 Å². The van der Waals surface area contributed by atoms with Crippen molar-refractivity contribution < 1.29 is 14.3 Å². The molecule has 2 N–H and O–H groups in total. The molecular weight excluding hydrogens is 315 g/mol. The summed E-state index contributed by atoms with van der Waals surface area (Å²) >= 11 is 11.9. The maximum Gasteiger partial charge on any atom is 0.338 e. The van der Waals surface area contributed by atoms with Crippen molar-refractivity contribution in [3.05, 3.63) is 45.1 Å². The Bertz CT molecular complexity index is 629. The summed E-state index contributed by atoms with van der Waals surface area (Å²) in [7, 11) is 0. The third-order valence-electron chi connectivity index (χ3n) is 3.04. The van der Waals surface area contributed by atoms with Crippen molar-refractivity contribution in [1.29, 1.82) is 0 Å². The topological polar surface area (TPSA) is 67.4 Å². The van der Waals surface area contributed by atoms with Crippen LogP contribution in [-0.2, 0) is 9.53 Å². The summed E-state index contributed by atoms with van der Waals surface area (Å²) in [4.78, 5) is 23.8. The summed E-state index contributed by atoms with van der Waals surface area (Å²) in [6.45, 7) is 3.62. The number of nitrogens with one attached hydrogen (secondary N) is 2. The SMILES string of the molecule is CCOC(=O)C1=C(C)NC(=O)N[C@H]1c1ccc(Cl)c(Cl)c1. The molecule has 0 radical (unpaired) electrons. The summed E-state index contributed by atoms with van der Waals surface area (Å²) in [5, 5.41) is 6.00. The van der Waals surface area contributed by atoms with Gasteiger partial charge in [-0.1, -0.05) is 29.3 Å². The van der Waals surface area contributed by atoms with Gasteiger partial charge in [-0.05, 0) is 31.5 Å². The van der Waals surface area contributed by atoms with E-state index in [2.05, 4.69) is 10.6 Å². The first-order valence-electron chi connectivity index (χ1n) is 6.34. The lowest BCUT2D eigenvalue weighted by molar-refractivity contribution is -0.139. The molecule has 21 heavy (non-hydrogen) atoms. The molecule has 2 rings (SSSR count). The van der Waals surface area contributed by atoms with Gasteiger partial charge in [0.15, 0.2) is 0 Å². The maximum atomic E-state index is 12.1. The molecule has 0 fully saturated rings. The zero-order valence-electron chi connectivity index (χ0n) is 11.5. The highest BCUT2D eigenvalue weighted by Gasteiger charge is 2.32. The van der Waals surface area contributed by atoms with Crippen LogP contribution in [0.2, 0.25) is 10.0 Å². The smallest absolute Gasteiger partial charge is 0.338 e. The highest BCUT2D eigenvalue weighted by Crippen LogP contribution is 2.31. The first-order valence-corrected chi connectivity index (χ1v) is 7.10. The number of rotatable bonds is 3. The van der Waals surface area contributed by atoms with Gasteiger partial charge < -0.3 is 15.4 Å². The number of carbonyl (C=O) groups excluding carboxylic acids is 2. The maximum absolute atomic E-state index is 12.1. The lowest BCUT2D eigenvalue weighted by Gasteiger charge is -2.28. The van der Waals surface area contributed by atoms with E-state index in [0.29, 0.717) is 26.9 Å². The van der Waals surface area contributed by atoms with E-state index >= 15 is 0 Å². The van der Waals surface area contributed by atoms with Gasteiger partial charge in [0.25, 0.3) is 0 Å². The molecule has 7 heteroatoms. The summed E-state index contributed by atoms with van der Waals surface area (Å²) in [6.07, 6.45) is 0. The predicted molar refractivity (Wildman–Crippen MR) is 80.2 cm³/mol. The quantitative estimate of drug-likeness (QED) is 0.837. The molecule has 1 heterocycles. The monoisotopic (exact) mass is 328 g/mol. The number of halogens is 2. The minimum absolute atomic E-state index is 0.248. The molecule has 0 saturated carbocycles. The van der Waals surface area contributed by atoms with Crippen LogP contribution in [0.25, 0.3) is 0 Å². The molecule has 5 nitrogen and oxygen atoms in total. The number of amides is 2. The summed E-state index contributed by atoms with van der Waals surface area (Å²) < 4.78 is 5.05. The second-order valence-electron chi connectivity index (χ2n) is 4.46. The van der Waals surface area contributed by atoms with Crippen molar-refractivity contribution in [2.24, 2.45) is 0 Å². The average Bonchev–Trinajstić information content (AvgIpc) is 2.41. The average molecular weight is 329 g/mol.